The fourth-order valence-corrected chi connectivity index (χ4v) is 4.37. The molecule has 0 saturated heterocycles. The highest BCUT2D eigenvalue weighted by Crippen LogP contribution is 2.44. The van der Waals surface area contributed by atoms with Gasteiger partial charge < -0.3 is 20.5 Å². The number of ether oxygens (including phenoxy) is 1. The van der Waals surface area contributed by atoms with Gasteiger partial charge in [0.05, 0.1) is 5.56 Å². The van der Waals surface area contributed by atoms with Crippen molar-refractivity contribution >= 4 is 18.0 Å². The predicted octanol–water partition coefficient (Wildman–Crippen LogP) is 4.71. The molecule has 2 amide bonds. The van der Waals surface area contributed by atoms with Crippen LogP contribution < -0.4 is 10.6 Å². The predicted molar refractivity (Wildman–Crippen MR) is 132 cm³/mol. The van der Waals surface area contributed by atoms with Gasteiger partial charge >= 0.3 is 12.1 Å². The number of carbonyl (C=O) groups is 3. The van der Waals surface area contributed by atoms with Crippen LogP contribution in [0.3, 0.4) is 0 Å². The zero-order valence-electron chi connectivity index (χ0n) is 19.5. The van der Waals surface area contributed by atoms with Gasteiger partial charge in [0.2, 0.25) is 5.91 Å². The normalized spacial score (nSPS) is 12.8. The summed E-state index contributed by atoms with van der Waals surface area (Å²) in [5.41, 5.74) is 5.60. The topological polar surface area (TPSA) is 105 Å². The van der Waals surface area contributed by atoms with Gasteiger partial charge in [-0.25, -0.2) is 9.59 Å². The maximum atomic E-state index is 12.5. The number of nitrogens with one attached hydrogen (secondary N) is 2. The van der Waals surface area contributed by atoms with Gasteiger partial charge in [-0.05, 0) is 46.4 Å². The van der Waals surface area contributed by atoms with Crippen molar-refractivity contribution in [2.45, 2.75) is 38.3 Å². The first-order valence-corrected chi connectivity index (χ1v) is 11.7. The third kappa shape index (κ3) is 5.69. The minimum Gasteiger partial charge on any atom is -0.478 e. The molecule has 3 aromatic rings. The SMILES string of the molecule is CC[C@H](CC(=O)NCc1ccc(C(=O)O)cc1)NC(=O)OCC1c2ccccc2-c2ccccc21. The van der Waals surface area contributed by atoms with Crippen LogP contribution in [0.4, 0.5) is 4.79 Å². The van der Waals surface area contributed by atoms with Crippen molar-refractivity contribution in [3.05, 3.63) is 95.1 Å². The quantitative estimate of drug-likeness (QED) is 0.418. The number of alkyl carbamates (subject to hydrolysis) is 1. The van der Waals surface area contributed by atoms with Crippen LogP contribution in [0, 0.1) is 0 Å². The number of hydrogen-bond acceptors (Lipinski definition) is 4. The van der Waals surface area contributed by atoms with Crippen LogP contribution in [0.15, 0.2) is 72.8 Å². The van der Waals surface area contributed by atoms with E-state index in [-0.39, 0.29) is 43.0 Å². The summed E-state index contributed by atoms with van der Waals surface area (Å²) < 4.78 is 5.58. The fraction of sp³-hybridized carbons (Fsp3) is 0.250. The molecule has 7 heteroatoms. The molecule has 0 aromatic heterocycles. The molecule has 1 aliphatic carbocycles. The Morgan fingerprint density at radius 1 is 0.914 bits per heavy atom. The van der Waals surface area contributed by atoms with E-state index in [1.165, 1.54) is 12.1 Å². The number of benzene rings is 3. The van der Waals surface area contributed by atoms with Crippen molar-refractivity contribution in [2.24, 2.45) is 0 Å². The molecule has 180 valence electrons. The summed E-state index contributed by atoms with van der Waals surface area (Å²) in [6.45, 7) is 2.39. The molecule has 0 bridgehead atoms. The summed E-state index contributed by atoms with van der Waals surface area (Å²) in [4.78, 5) is 35.9. The van der Waals surface area contributed by atoms with E-state index in [2.05, 4.69) is 34.9 Å². The van der Waals surface area contributed by atoms with E-state index in [0.29, 0.717) is 6.42 Å². The lowest BCUT2D eigenvalue weighted by Gasteiger charge is -2.19. The fourth-order valence-electron chi connectivity index (χ4n) is 4.37. The summed E-state index contributed by atoms with van der Waals surface area (Å²) in [7, 11) is 0. The van der Waals surface area contributed by atoms with Gasteiger partial charge in [0.25, 0.3) is 0 Å². The summed E-state index contributed by atoms with van der Waals surface area (Å²) >= 11 is 0. The molecule has 0 radical (unpaired) electrons. The third-order valence-electron chi connectivity index (χ3n) is 6.28. The zero-order valence-corrected chi connectivity index (χ0v) is 19.5. The number of hydrogen-bond donors (Lipinski definition) is 3. The molecule has 3 N–H and O–H groups in total. The molecular weight excluding hydrogens is 444 g/mol. The van der Waals surface area contributed by atoms with E-state index in [1.807, 2.05) is 31.2 Å². The number of aromatic carboxylic acids is 1. The van der Waals surface area contributed by atoms with Gasteiger partial charge in [-0.1, -0.05) is 67.6 Å². The second-order valence-electron chi connectivity index (χ2n) is 8.56. The number of carboxylic acids is 1. The van der Waals surface area contributed by atoms with Crippen molar-refractivity contribution in [1.82, 2.24) is 10.6 Å². The van der Waals surface area contributed by atoms with E-state index < -0.39 is 12.1 Å². The second kappa shape index (κ2) is 10.9. The molecule has 4 rings (SSSR count). The molecule has 3 aromatic carbocycles. The maximum absolute atomic E-state index is 12.5. The van der Waals surface area contributed by atoms with Gasteiger partial charge in [0, 0.05) is 24.9 Å². The molecule has 0 heterocycles. The first kappa shape index (κ1) is 24.0. The monoisotopic (exact) mass is 472 g/mol. The molecule has 0 unspecified atom stereocenters. The van der Waals surface area contributed by atoms with Crippen LogP contribution in [-0.2, 0) is 16.1 Å². The number of amides is 2. The summed E-state index contributed by atoms with van der Waals surface area (Å²) in [6, 6.07) is 22.3. The van der Waals surface area contributed by atoms with Crippen molar-refractivity contribution in [2.75, 3.05) is 6.61 Å². The van der Waals surface area contributed by atoms with Gasteiger partial charge in [-0.2, -0.15) is 0 Å². The van der Waals surface area contributed by atoms with Crippen molar-refractivity contribution in [3.8, 4) is 11.1 Å². The van der Waals surface area contributed by atoms with Crippen LogP contribution in [0.2, 0.25) is 0 Å². The maximum Gasteiger partial charge on any atom is 0.407 e. The average molecular weight is 473 g/mol. The molecule has 0 spiro atoms. The largest absolute Gasteiger partial charge is 0.478 e. The number of rotatable bonds is 9. The highest BCUT2D eigenvalue weighted by molar-refractivity contribution is 5.87. The highest BCUT2D eigenvalue weighted by Gasteiger charge is 2.29. The summed E-state index contributed by atoms with van der Waals surface area (Å²) in [6.07, 6.45) is 0.148. The third-order valence-corrected chi connectivity index (χ3v) is 6.28. The van der Waals surface area contributed by atoms with Crippen molar-refractivity contribution in [3.63, 3.8) is 0 Å². The first-order valence-electron chi connectivity index (χ1n) is 11.7. The van der Waals surface area contributed by atoms with Gasteiger partial charge in [0.15, 0.2) is 0 Å². The van der Waals surface area contributed by atoms with Gasteiger partial charge in [0.1, 0.15) is 6.61 Å². The van der Waals surface area contributed by atoms with E-state index >= 15 is 0 Å². The number of carbonyl (C=O) groups excluding carboxylic acids is 2. The lowest BCUT2D eigenvalue weighted by Crippen LogP contribution is -2.39. The van der Waals surface area contributed by atoms with Crippen molar-refractivity contribution in [1.29, 1.82) is 0 Å². The molecule has 35 heavy (non-hydrogen) atoms. The number of carboxylic acid groups (broad SMARTS) is 1. The van der Waals surface area contributed by atoms with Crippen LogP contribution in [0.25, 0.3) is 11.1 Å². The summed E-state index contributed by atoms with van der Waals surface area (Å²) in [5, 5.41) is 14.6. The Hall–Kier alpha value is -4.13. The first-order chi connectivity index (χ1) is 17.0. The molecule has 1 atom stereocenters. The van der Waals surface area contributed by atoms with E-state index in [9.17, 15) is 14.4 Å². The van der Waals surface area contributed by atoms with Crippen LogP contribution >= 0.6 is 0 Å². The lowest BCUT2D eigenvalue weighted by molar-refractivity contribution is -0.121. The molecule has 0 saturated carbocycles. The van der Waals surface area contributed by atoms with Gasteiger partial charge in [-0.3, -0.25) is 4.79 Å². The van der Waals surface area contributed by atoms with E-state index in [0.717, 1.165) is 27.8 Å². The smallest absolute Gasteiger partial charge is 0.407 e. The van der Waals surface area contributed by atoms with E-state index in [1.54, 1.807) is 12.1 Å². The summed E-state index contributed by atoms with van der Waals surface area (Å²) in [5.74, 6) is -1.23. The van der Waals surface area contributed by atoms with Crippen LogP contribution in [0.5, 0.6) is 0 Å². The minimum atomic E-state index is -0.995. The molecule has 0 fully saturated rings. The standard InChI is InChI=1S/C28H28N2O5/c1-2-20(15-26(31)29-16-18-11-13-19(14-12-18)27(32)33)30-28(34)35-17-25-23-9-5-3-7-21(23)22-8-4-6-10-24(22)25/h3-14,20,25H,2,15-17H2,1H3,(H,29,31)(H,30,34)(H,32,33)/t20-/m1/s1. The Kier molecular flexibility index (Phi) is 7.45. The Morgan fingerprint density at radius 3 is 2.09 bits per heavy atom. The molecule has 0 aliphatic heterocycles. The molecule has 1 aliphatic rings. The minimum absolute atomic E-state index is 0.0240. The Bertz CT molecular complexity index is 1180. The molecule has 7 nitrogen and oxygen atoms in total. The van der Waals surface area contributed by atoms with E-state index in [4.69, 9.17) is 9.84 Å². The number of fused-ring (bicyclic) bond motifs is 3. The van der Waals surface area contributed by atoms with Crippen LogP contribution in [-0.4, -0.2) is 35.7 Å². The lowest BCUT2D eigenvalue weighted by atomic mass is 9.98. The Labute approximate surface area is 204 Å². The van der Waals surface area contributed by atoms with Crippen molar-refractivity contribution < 1.29 is 24.2 Å². The molecular formula is C28H28N2O5. The Balaban J connectivity index is 1.27. The average Bonchev–Trinajstić information content (AvgIpc) is 3.19. The second-order valence-corrected chi connectivity index (χ2v) is 8.56. The van der Waals surface area contributed by atoms with Gasteiger partial charge in [-0.15, -0.1) is 0 Å². The van der Waals surface area contributed by atoms with Crippen LogP contribution in [0.1, 0.15) is 52.7 Å². The highest BCUT2D eigenvalue weighted by atomic mass is 16.5. The Morgan fingerprint density at radius 2 is 1.51 bits per heavy atom. The zero-order chi connectivity index (χ0) is 24.8.